The minimum Gasteiger partial charge on any atom is -0.390 e. The van der Waals surface area contributed by atoms with Crippen LogP contribution < -0.4 is 20.9 Å². The van der Waals surface area contributed by atoms with Crippen LogP contribution in [-0.2, 0) is 0 Å². The molecule has 2 fully saturated rings. The van der Waals surface area contributed by atoms with E-state index in [-0.39, 0.29) is 0 Å². The smallest absolute Gasteiger partial charge is 0.229 e. The number of aliphatic hydroxyl groups is 1. The average molecular weight is 462 g/mol. The molecule has 0 aliphatic carbocycles. The molecule has 34 heavy (non-hydrogen) atoms. The molecule has 1 atom stereocenters. The molecular formula is C26H35N7O. The topological polar surface area (TPSA) is 93.8 Å². The predicted octanol–water partition coefficient (Wildman–Crippen LogP) is 2.80. The Labute approximate surface area is 201 Å². The highest BCUT2D eigenvalue weighted by molar-refractivity contribution is 5.85. The Bertz CT molecular complexity index is 1090. The maximum absolute atomic E-state index is 10.6. The van der Waals surface area contributed by atoms with E-state index in [1.165, 1.54) is 30.0 Å². The fourth-order valence-electron chi connectivity index (χ4n) is 4.89. The van der Waals surface area contributed by atoms with E-state index in [4.69, 9.17) is 10.7 Å². The second kappa shape index (κ2) is 10.4. The van der Waals surface area contributed by atoms with Crippen LogP contribution in [-0.4, -0.2) is 78.4 Å². The standard InChI is InChI=1S/C26H35N7O/c27-24-17-25(30-26(29-24)33-10-4-1-5-11-33)32-14-12-31(13-15-32)19-23(34)18-28-22-9-8-20-6-2-3-7-21(20)16-22/h2-3,6-9,16-17,23,28,34H,1,4-5,10-15,18-19H2,(H2,27,29,30). The number of nitrogens with one attached hydrogen (secondary N) is 1. The number of fused-ring (bicyclic) bond motifs is 1. The van der Waals surface area contributed by atoms with Gasteiger partial charge in [-0.15, -0.1) is 0 Å². The summed E-state index contributed by atoms with van der Waals surface area (Å²) in [7, 11) is 0. The van der Waals surface area contributed by atoms with Gasteiger partial charge in [0, 0.05) is 64.1 Å². The molecule has 2 saturated heterocycles. The van der Waals surface area contributed by atoms with Gasteiger partial charge in [-0.05, 0) is 42.2 Å². The number of β-amino-alcohol motifs (C(OH)–C–C–N with tert-alkyl or cyclic N) is 1. The number of hydrogen-bond donors (Lipinski definition) is 3. The molecule has 8 heteroatoms. The second-order valence-corrected chi connectivity index (χ2v) is 9.38. The van der Waals surface area contributed by atoms with Crippen molar-refractivity contribution in [1.29, 1.82) is 0 Å². The molecule has 2 aliphatic rings. The Balaban J connectivity index is 1.11. The van der Waals surface area contributed by atoms with E-state index in [2.05, 4.69) is 55.3 Å². The number of piperidine rings is 1. The lowest BCUT2D eigenvalue weighted by molar-refractivity contribution is 0.118. The zero-order valence-corrected chi connectivity index (χ0v) is 19.7. The van der Waals surface area contributed by atoms with Crippen molar-refractivity contribution in [2.45, 2.75) is 25.4 Å². The summed E-state index contributed by atoms with van der Waals surface area (Å²) in [4.78, 5) is 16.2. The SMILES string of the molecule is Nc1cc(N2CCN(CC(O)CNc3ccc4ccccc4c3)CC2)nc(N2CCCCC2)n1. The predicted molar refractivity (Wildman–Crippen MR) is 140 cm³/mol. The van der Waals surface area contributed by atoms with Crippen LogP contribution in [0.2, 0.25) is 0 Å². The summed E-state index contributed by atoms with van der Waals surface area (Å²) in [6, 6.07) is 16.5. The molecule has 1 unspecified atom stereocenters. The molecule has 0 bridgehead atoms. The van der Waals surface area contributed by atoms with Gasteiger partial charge in [-0.3, -0.25) is 4.90 Å². The van der Waals surface area contributed by atoms with E-state index in [0.29, 0.717) is 18.9 Å². The fourth-order valence-corrected chi connectivity index (χ4v) is 4.89. The molecule has 2 aliphatic heterocycles. The zero-order chi connectivity index (χ0) is 23.3. The summed E-state index contributed by atoms with van der Waals surface area (Å²) in [6.07, 6.45) is 3.21. The molecule has 0 amide bonds. The first-order chi connectivity index (χ1) is 16.6. The van der Waals surface area contributed by atoms with Crippen molar-refractivity contribution in [3.8, 4) is 0 Å². The molecule has 3 heterocycles. The van der Waals surface area contributed by atoms with Gasteiger partial charge in [-0.1, -0.05) is 30.3 Å². The molecule has 4 N–H and O–H groups in total. The molecule has 180 valence electrons. The number of rotatable bonds is 7. The molecule has 0 spiro atoms. The minimum atomic E-state index is -0.432. The van der Waals surface area contributed by atoms with Gasteiger partial charge in [0.1, 0.15) is 11.6 Å². The van der Waals surface area contributed by atoms with Crippen LogP contribution in [0, 0.1) is 0 Å². The number of aliphatic hydroxyl groups excluding tert-OH is 1. The largest absolute Gasteiger partial charge is 0.390 e. The Morgan fingerprint density at radius 3 is 2.41 bits per heavy atom. The summed E-state index contributed by atoms with van der Waals surface area (Å²) < 4.78 is 0. The van der Waals surface area contributed by atoms with Crippen LogP contribution in [0.1, 0.15) is 19.3 Å². The third-order valence-electron chi connectivity index (χ3n) is 6.82. The van der Waals surface area contributed by atoms with Gasteiger partial charge in [0.05, 0.1) is 6.10 Å². The van der Waals surface area contributed by atoms with E-state index < -0.39 is 6.10 Å². The number of piperazine rings is 1. The number of nitrogens with zero attached hydrogens (tertiary/aromatic N) is 5. The van der Waals surface area contributed by atoms with Crippen molar-refractivity contribution < 1.29 is 5.11 Å². The third kappa shape index (κ3) is 5.51. The number of benzene rings is 2. The number of nitrogens with two attached hydrogens (primary N) is 1. The summed E-state index contributed by atoms with van der Waals surface area (Å²) in [5, 5.41) is 16.4. The van der Waals surface area contributed by atoms with E-state index >= 15 is 0 Å². The Morgan fingerprint density at radius 1 is 0.853 bits per heavy atom. The first-order valence-electron chi connectivity index (χ1n) is 12.4. The van der Waals surface area contributed by atoms with Crippen LogP contribution in [0.15, 0.2) is 48.5 Å². The lowest BCUT2D eigenvalue weighted by Gasteiger charge is -2.36. The lowest BCUT2D eigenvalue weighted by Crippen LogP contribution is -2.49. The van der Waals surface area contributed by atoms with Gasteiger partial charge in [0.2, 0.25) is 5.95 Å². The highest BCUT2D eigenvalue weighted by atomic mass is 16.3. The van der Waals surface area contributed by atoms with Crippen LogP contribution in [0.4, 0.5) is 23.3 Å². The summed E-state index contributed by atoms with van der Waals surface area (Å²) >= 11 is 0. The van der Waals surface area contributed by atoms with Gasteiger partial charge in [-0.2, -0.15) is 9.97 Å². The maximum Gasteiger partial charge on any atom is 0.229 e. The van der Waals surface area contributed by atoms with E-state index in [9.17, 15) is 5.11 Å². The van der Waals surface area contributed by atoms with Crippen molar-refractivity contribution in [2.75, 3.05) is 73.2 Å². The molecule has 3 aromatic rings. The van der Waals surface area contributed by atoms with Crippen LogP contribution in [0.3, 0.4) is 0 Å². The van der Waals surface area contributed by atoms with Crippen molar-refractivity contribution in [2.24, 2.45) is 0 Å². The van der Waals surface area contributed by atoms with Crippen LogP contribution >= 0.6 is 0 Å². The van der Waals surface area contributed by atoms with E-state index in [1.54, 1.807) is 0 Å². The number of aromatic nitrogens is 2. The number of anilines is 4. The van der Waals surface area contributed by atoms with Gasteiger partial charge in [0.25, 0.3) is 0 Å². The van der Waals surface area contributed by atoms with Crippen molar-refractivity contribution in [3.63, 3.8) is 0 Å². The molecule has 1 aromatic heterocycles. The third-order valence-corrected chi connectivity index (χ3v) is 6.82. The van der Waals surface area contributed by atoms with Crippen LogP contribution in [0.25, 0.3) is 10.8 Å². The van der Waals surface area contributed by atoms with Crippen molar-refractivity contribution in [3.05, 3.63) is 48.5 Å². The quantitative estimate of drug-likeness (QED) is 0.495. The Hall–Kier alpha value is -3.10. The zero-order valence-electron chi connectivity index (χ0n) is 19.7. The molecular weight excluding hydrogens is 426 g/mol. The number of hydrogen-bond acceptors (Lipinski definition) is 8. The first-order valence-corrected chi connectivity index (χ1v) is 12.4. The van der Waals surface area contributed by atoms with E-state index in [0.717, 1.165) is 56.7 Å². The van der Waals surface area contributed by atoms with Gasteiger partial charge < -0.3 is 26.0 Å². The first kappa shape index (κ1) is 22.7. The molecule has 5 rings (SSSR count). The van der Waals surface area contributed by atoms with Crippen LogP contribution in [0.5, 0.6) is 0 Å². The van der Waals surface area contributed by atoms with Gasteiger partial charge >= 0.3 is 0 Å². The van der Waals surface area contributed by atoms with Crippen molar-refractivity contribution in [1.82, 2.24) is 14.9 Å². The molecule has 0 radical (unpaired) electrons. The molecule has 2 aromatic carbocycles. The number of nitrogen functional groups attached to an aromatic ring is 1. The summed E-state index contributed by atoms with van der Waals surface area (Å²) in [6.45, 7) is 6.68. The highest BCUT2D eigenvalue weighted by Gasteiger charge is 2.22. The second-order valence-electron chi connectivity index (χ2n) is 9.38. The van der Waals surface area contributed by atoms with Crippen molar-refractivity contribution >= 4 is 34.0 Å². The highest BCUT2D eigenvalue weighted by Crippen LogP contribution is 2.23. The molecule has 8 nitrogen and oxygen atoms in total. The summed E-state index contributed by atoms with van der Waals surface area (Å²) in [5.41, 5.74) is 7.16. The molecule has 0 saturated carbocycles. The fraction of sp³-hybridized carbons (Fsp3) is 0.462. The van der Waals surface area contributed by atoms with Gasteiger partial charge in [-0.25, -0.2) is 0 Å². The Kier molecular flexibility index (Phi) is 6.97. The van der Waals surface area contributed by atoms with E-state index in [1.807, 2.05) is 18.2 Å². The summed E-state index contributed by atoms with van der Waals surface area (Å²) in [5.74, 6) is 2.20. The Morgan fingerprint density at radius 2 is 1.62 bits per heavy atom. The maximum atomic E-state index is 10.6. The normalized spacial score (nSPS) is 18.3. The lowest BCUT2D eigenvalue weighted by atomic mass is 10.1. The average Bonchev–Trinajstić information content (AvgIpc) is 2.88. The van der Waals surface area contributed by atoms with Gasteiger partial charge in [0.15, 0.2) is 0 Å². The monoisotopic (exact) mass is 461 g/mol. The minimum absolute atomic E-state index is 0.432.